The van der Waals surface area contributed by atoms with Gasteiger partial charge in [-0.2, -0.15) is 4.98 Å². The van der Waals surface area contributed by atoms with E-state index in [2.05, 4.69) is 15.3 Å². The third kappa shape index (κ3) is 4.64. The number of aliphatic hydroxyl groups excluding tert-OH is 1. The molecule has 1 aromatic carbocycles. The number of carbonyl (C=O) groups excluding carboxylic acids is 1. The molecule has 32 heavy (non-hydrogen) atoms. The Kier molecular flexibility index (Phi) is 6.78. The zero-order valence-electron chi connectivity index (χ0n) is 17.9. The fourth-order valence-corrected chi connectivity index (χ4v) is 4.06. The Morgan fingerprint density at radius 2 is 2.25 bits per heavy atom. The van der Waals surface area contributed by atoms with Gasteiger partial charge in [-0.1, -0.05) is 11.6 Å². The number of nitrogens with zero attached hydrogens (tertiary/aromatic N) is 3. The molecule has 1 saturated heterocycles. The molecular formula is C22H25ClN4O5. The molecule has 1 aliphatic heterocycles. The van der Waals surface area contributed by atoms with Crippen LogP contribution in [-0.4, -0.2) is 64.9 Å². The lowest BCUT2D eigenvalue weighted by Gasteiger charge is -2.23. The number of anilines is 1. The van der Waals surface area contributed by atoms with Gasteiger partial charge >= 0.3 is 0 Å². The largest absolute Gasteiger partial charge is 0.493 e. The second-order valence-corrected chi connectivity index (χ2v) is 7.91. The van der Waals surface area contributed by atoms with Gasteiger partial charge in [0.15, 0.2) is 11.3 Å². The SMILES string of the molecule is CCO[C@@H]1CC(CO)N(C(=O)c2cc(OC)c3oc(NCc4cc(Cl)ccn4)nc3c2)C1. The summed E-state index contributed by atoms with van der Waals surface area (Å²) in [5.74, 6) is 0.181. The quantitative estimate of drug-likeness (QED) is 0.527. The molecule has 0 spiro atoms. The molecule has 170 valence electrons. The van der Waals surface area contributed by atoms with Gasteiger partial charge < -0.3 is 29.2 Å². The number of hydrogen-bond acceptors (Lipinski definition) is 8. The molecule has 4 rings (SSSR count). The van der Waals surface area contributed by atoms with E-state index in [1.54, 1.807) is 35.4 Å². The lowest BCUT2D eigenvalue weighted by atomic mass is 10.1. The average Bonchev–Trinajstić information content (AvgIpc) is 3.40. The first-order chi connectivity index (χ1) is 15.5. The Bertz CT molecular complexity index is 1110. The summed E-state index contributed by atoms with van der Waals surface area (Å²) in [6, 6.07) is 6.72. The summed E-state index contributed by atoms with van der Waals surface area (Å²) in [6.07, 6.45) is 2.14. The summed E-state index contributed by atoms with van der Waals surface area (Å²) in [7, 11) is 1.51. The minimum atomic E-state index is -0.291. The number of hydrogen-bond donors (Lipinski definition) is 2. The number of oxazole rings is 1. The monoisotopic (exact) mass is 460 g/mol. The van der Waals surface area contributed by atoms with Crippen LogP contribution in [0.1, 0.15) is 29.4 Å². The number of ether oxygens (including phenoxy) is 2. The standard InChI is InChI=1S/C22H25ClN4O5/c1-3-31-17-9-16(12-28)27(11-17)21(29)13-6-18-20(19(7-13)30-2)32-22(26-18)25-10-15-8-14(23)4-5-24-15/h4-8,16-17,28H,3,9-12H2,1-2H3,(H,25,26)/t16?,17-/m1/s1. The van der Waals surface area contributed by atoms with Crippen LogP contribution in [0.2, 0.25) is 5.02 Å². The molecule has 3 aromatic rings. The van der Waals surface area contributed by atoms with Gasteiger partial charge in [0.25, 0.3) is 11.9 Å². The van der Waals surface area contributed by atoms with Crippen LogP contribution in [0.3, 0.4) is 0 Å². The number of rotatable bonds is 8. The van der Waals surface area contributed by atoms with Crippen molar-refractivity contribution >= 4 is 34.6 Å². The van der Waals surface area contributed by atoms with Crippen LogP contribution >= 0.6 is 11.6 Å². The summed E-state index contributed by atoms with van der Waals surface area (Å²) < 4.78 is 16.9. The van der Waals surface area contributed by atoms with Crippen molar-refractivity contribution in [3.63, 3.8) is 0 Å². The number of nitrogens with one attached hydrogen (secondary N) is 1. The van der Waals surface area contributed by atoms with Crippen LogP contribution in [0.4, 0.5) is 6.01 Å². The summed E-state index contributed by atoms with van der Waals surface area (Å²) in [6.45, 7) is 3.15. The van der Waals surface area contributed by atoms with Crippen LogP contribution < -0.4 is 10.1 Å². The first kappa shape index (κ1) is 22.3. The highest BCUT2D eigenvalue weighted by atomic mass is 35.5. The zero-order chi connectivity index (χ0) is 22.7. The van der Waals surface area contributed by atoms with E-state index >= 15 is 0 Å². The number of aliphatic hydroxyl groups is 1. The zero-order valence-corrected chi connectivity index (χ0v) is 18.6. The minimum Gasteiger partial charge on any atom is -0.493 e. The molecule has 0 aliphatic carbocycles. The van der Waals surface area contributed by atoms with Crippen LogP contribution in [0, 0.1) is 0 Å². The molecule has 0 bridgehead atoms. The van der Waals surface area contributed by atoms with Gasteiger partial charge in [-0.15, -0.1) is 0 Å². The van der Waals surface area contributed by atoms with E-state index < -0.39 is 0 Å². The highest BCUT2D eigenvalue weighted by Gasteiger charge is 2.36. The lowest BCUT2D eigenvalue weighted by Crippen LogP contribution is -2.38. The van der Waals surface area contributed by atoms with Gasteiger partial charge in [0.1, 0.15) is 5.52 Å². The average molecular weight is 461 g/mol. The number of halogens is 1. The number of carbonyl (C=O) groups is 1. The Morgan fingerprint density at radius 3 is 2.97 bits per heavy atom. The summed E-state index contributed by atoms with van der Waals surface area (Å²) in [5.41, 5.74) is 2.05. The van der Waals surface area contributed by atoms with Crippen LogP contribution in [-0.2, 0) is 11.3 Å². The van der Waals surface area contributed by atoms with Gasteiger partial charge in [-0.3, -0.25) is 9.78 Å². The second kappa shape index (κ2) is 9.72. The van der Waals surface area contributed by atoms with E-state index in [-0.39, 0.29) is 30.7 Å². The number of likely N-dealkylation sites (tertiary alicyclic amines) is 1. The molecule has 0 saturated carbocycles. The van der Waals surface area contributed by atoms with E-state index in [0.29, 0.717) is 53.6 Å². The van der Waals surface area contributed by atoms with Crippen molar-refractivity contribution in [2.45, 2.75) is 32.0 Å². The first-order valence-corrected chi connectivity index (χ1v) is 10.8. The number of aromatic nitrogens is 2. The molecule has 10 heteroatoms. The molecule has 1 unspecified atom stereocenters. The van der Waals surface area contributed by atoms with Gasteiger partial charge in [-0.05, 0) is 37.6 Å². The lowest BCUT2D eigenvalue weighted by molar-refractivity contribution is 0.0579. The van der Waals surface area contributed by atoms with Gasteiger partial charge in [-0.25, -0.2) is 0 Å². The third-order valence-corrected chi connectivity index (χ3v) is 5.61. The Balaban J connectivity index is 1.57. The molecule has 1 aliphatic rings. The van der Waals surface area contributed by atoms with E-state index in [1.165, 1.54) is 7.11 Å². The predicted molar refractivity (Wildman–Crippen MR) is 119 cm³/mol. The summed E-state index contributed by atoms with van der Waals surface area (Å²) >= 11 is 6.00. The van der Waals surface area contributed by atoms with Crippen LogP contribution in [0.15, 0.2) is 34.9 Å². The van der Waals surface area contributed by atoms with Gasteiger partial charge in [0.2, 0.25) is 0 Å². The molecule has 0 radical (unpaired) electrons. The molecule has 1 fully saturated rings. The summed E-state index contributed by atoms with van der Waals surface area (Å²) in [4.78, 5) is 23.6. The predicted octanol–water partition coefficient (Wildman–Crippen LogP) is 3.11. The van der Waals surface area contributed by atoms with Gasteiger partial charge in [0, 0.05) is 29.9 Å². The van der Waals surface area contributed by atoms with Crippen molar-refractivity contribution in [3.8, 4) is 5.75 Å². The topological polar surface area (TPSA) is 110 Å². The Hall–Kier alpha value is -2.88. The number of methoxy groups -OCH3 is 1. The third-order valence-electron chi connectivity index (χ3n) is 5.37. The molecule has 2 aromatic heterocycles. The molecule has 1 amide bonds. The van der Waals surface area contributed by atoms with Crippen LogP contribution in [0.5, 0.6) is 5.75 Å². The van der Waals surface area contributed by atoms with Crippen molar-refractivity contribution in [1.82, 2.24) is 14.9 Å². The maximum atomic E-state index is 13.2. The Morgan fingerprint density at radius 1 is 1.41 bits per heavy atom. The van der Waals surface area contributed by atoms with Crippen molar-refractivity contribution in [1.29, 1.82) is 0 Å². The fraction of sp³-hybridized carbons (Fsp3) is 0.409. The minimum absolute atomic E-state index is 0.0883. The molecule has 9 nitrogen and oxygen atoms in total. The van der Waals surface area contributed by atoms with E-state index in [1.807, 2.05) is 6.92 Å². The number of fused-ring (bicyclic) bond motifs is 1. The number of benzene rings is 1. The summed E-state index contributed by atoms with van der Waals surface area (Å²) in [5, 5.41) is 13.4. The second-order valence-electron chi connectivity index (χ2n) is 7.47. The van der Waals surface area contributed by atoms with Crippen molar-refractivity contribution in [3.05, 3.63) is 46.7 Å². The maximum absolute atomic E-state index is 13.2. The molecule has 2 atom stereocenters. The smallest absolute Gasteiger partial charge is 0.296 e. The normalized spacial score (nSPS) is 18.3. The van der Waals surface area contributed by atoms with Crippen molar-refractivity contribution < 1.29 is 23.8 Å². The Labute approximate surface area is 190 Å². The van der Waals surface area contributed by atoms with Gasteiger partial charge in [0.05, 0.1) is 38.1 Å². The fourth-order valence-electron chi connectivity index (χ4n) is 3.88. The highest BCUT2D eigenvalue weighted by Crippen LogP contribution is 2.32. The molecule has 3 heterocycles. The number of amides is 1. The van der Waals surface area contributed by atoms with E-state index in [4.69, 9.17) is 25.5 Å². The molecule has 2 N–H and O–H groups in total. The highest BCUT2D eigenvalue weighted by molar-refractivity contribution is 6.30. The van der Waals surface area contributed by atoms with Crippen LogP contribution in [0.25, 0.3) is 11.1 Å². The maximum Gasteiger partial charge on any atom is 0.296 e. The van der Waals surface area contributed by atoms with E-state index in [9.17, 15) is 9.90 Å². The number of pyridine rings is 1. The van der Waals surface area contributed by atoms with Crippen molar-refractivity contribution in [2.75, 3.05) is 32.2 Å². The first-order valence-electron chi connectivity index (χ1n) is 10.4. The molecular weight excluding hydrogens is 436 g/mol. The van der Waals surface area contributed by atoms with E-state index in [0.717, 1.165) is 5.69 Å². The van der Waals surface area contributed by atoms with Crippen molar-refractivity contribution in [2.24, 2.45) is 0 Å².